The van der Waals surface area contributed by atoms with Crippen LogP contribution in [0.1, 0.15) is 10.4 Å². The van der Waals surface area contributed by atoms with Crippen molar-refractivity contribution in [2.45, 2.75) is 251 Å². The predicted octanol–water partition coefficient (Wildman–Crippen LogP) is -19.2. The molecule has 0 amide bonds. The molecular formula is C55H83NaO41S. The van der Waals surface area contributed by atoms with Gasteiger partial charge in [-0.2, -0.15) is 0 Å². The minimum absolute atomic E-state index is 0. The Balaban J connectivity index is 0.0000112. The van der Waals surface area contributed by atoms with E-state index in [0.717, 1.165) is 11.8 Å². The second-order valence-electron chi connectivity index (χ2n) is 24.4. The van der Waals surface area contributed by atoms with E-state index >= 15 is 0 Å². The number of carbonyl (C=O) groups is 1. The number of thioether (sulfide) groups is 1. The Kier molecular flexibility index (Phi) is 28.6. The monoisotopic (exact) mass is 1450 g/mol. The molecule has 31 rings (SSSR count). The minimum Gasteiger partial charge on any atom is -0.545 e. The van der Waals surface area contributed by atoms with E-state index in [0.29, 0.717) is 0 Å². The van der Waals surface area contributed by atoms with Gasteiger partial charge < -0.3 is 203 Å². The first-order valence-electron chi connectivity index (χ1n) is 30.8. The molecule has 1 aromatic rings. The molecule has 30 aliphatic rings. The summed E-state index contributed by atoms with van der Waals surface area (Å²) in [4.78, 5) is 12.2. The largest absolute Gasteiger partial charge is 1.00 e. The average Bonchev–Trinajstić information content (AvgIpc) is 0.778. The molecule has 30 saturated heterocycles. The van der Waals surface area contributed by atoms with Gasteiger partial charge in [-0.25, -0.2) is 0 Å². The molecule has 0 radical (unpaired) electrons. The van der Waals surface area contributed by atoms with E-state index < -0.39 is 304 Å². The number of hydrogen-bond acceptors (Lipinski definition) is 42. The summed E-state index contributed by atoms with van der Waals surface area (Å²) in [5.41, 5.74) is -0.325. The number of aliphatic hydroxyl groups is 23. The van der Waals surface area contributed by atoms with Gasteiger partial charge in [-0.15, -0.1) is 11.8 Å². The molecule has 23 N–H and O–H groups in total. The molecule has 40 atom stereocenters. The smallest absolute Gasteiger partial charge is 0.545 e. The third-order valence-corrected chi connectivity index (χ3v) is 19.4. The number of ether oxygens (including phenoxy) is 16. The SMILES string of the molecule is O=C([O-])c1ccccc1SC[C@H]1O[C@@H]2O[C@H]3[C@H](O)[C@@H](O)[C@@H](O[C@H]4[C@H](O)[C@@H](O)[C@@H](O[C@H]5[C@H](O)[C@@H](O)[C@@H](O[C@H]6[C@H](O)[C@@H](O)[C@@H](O[C@H]7[C@H](O)[C@@H](O)[C@@H](O[C@H]8[C@H](O)[C@@H](O)[C@@H](O[C@H]9[C@H](O)[C@@H](O)[C@@H](O[C@H]1[C@H](O)[C@H]2O)O[C@@H]9CO)O[C@@H]8CO)O[C@@H]7CO)O[C@@H]6CO)O[C@@H]5CO)O[C@@H]4CO)O[C@@H]3CO.[Na+]. The van der Waals surface area contributed by atoms with Crippen LogP contribution in [-0.4, -0.2) is 421 Å². The predicted molar refractivity (Wildman–Crippen MR) is 295 cm³/mol. The van der Waals surface area contributed by atoms with Crippen LogP contribution < -0.4 is 34.7 Å². The Labute approximate surface area is 580 Å². The van der Waals surface area contributed by atoms with Crippen LogP contribution >= 0.6 is 11.8 Å². The van der Waals surface area contributed by atoms with Crippen LogP contribution in [0.15, 0.2) is 29.2 Å². The third-order valence-electron chi connectivity index (χ3n) is 18.2. The van der Waals surface area contributed by atoms with E-state index in [4.69, 9.17) is 75.8 Å². The number of carbonyl (C=O) groups excluding carboxylic acids is 1. The number of benzene rings is 1. The second kappa shape index (κ2) is 34.8. The summed E-state index contributed by atoms with van der Waals surface area (Å²) < 4.78 is 92.7. The van der Waals surface area contributed by atoms with Crippen LogP contribution in [-0.2, 0) is 75.8 Å². The van der Waals surface area contributed by atoms with E-state index in [2.05, 4.69) is 0 Å². The van der Waals surface area contributed by atoms with Gasteiger partial charge in [0.05, 0.1) is 58.3 Å². The molecule has 556 valence electrons. The van der Waals surface area contributed by atoms with E-state index in [1.54, 1.807) is 0 Å². The van der Waals surface area contributed by atoms with Crippen LogP contribution in [0.5, 0.6) is 0 Å². The fourth-order valence-electron chi connectivity index (χ4n) is 12.8. The van der Waals surface area contributed by atoms with Crippen LogP contribution in [0.4, 0.5) is 0 Å². The summed E-state index contributed by atoms with van der Waals surface area (Å²) in [7, 11) is 0. The van der Waals surface area contributed by atoms with Crippen molar-refractivity contribution < 1.29 is 233 Å². The van der Waals surface area contributed by atoms with E-state index in [1.807, 2.05) is 0 Å². The molecular weight excluding hydrogens is 1370 g/mol. The first kappa shape index (κ1) is 80.6. The number of aromatic carboxylic acids is 1. The Bertz CT molecular complexity index is 2640. The Morgan fingerprint density at radius 2 is 0.459 bits per heavy atom. The van der Waals surface area contributed by atoms with Gasteiger partial charge in [-0.1, -0.05) is 18.2 Å². The standard InChI is InChI=1S/C55H84O41S.Na/c56-5-14-39-23(63)31(71)48(81-14)90-40-15(6-57)83-50(33(73)25(40)65)92-42-17(8-59)85-52(35(75)27(42)67)94-44-19(10-61)87-54(37(77)29(44)69)96-46-21(12-97-22-4-2-1-3-13(22)47(79)80)88-55(38(78)30(46)70)95-45-20(11-62)86-53(36(76)28(45)68)93-43-18(9-60)84-51(34(74)26(43)66)91-41-16(7-58)82-49(89-39)32(72)24(41)64;/h1-4,14-21,23-46,48-78H,5-12H2,(H,79,80);/q;+1/p-1/t14-,15-,16-,17-,18-,19-,20-,21-,23-,24-,25-,26-,27-,28-,29-,30-,31-,32-,33-,34-,35-,36-,37-,38-,39-,40-,41-,42-,43-,44-,45-,46-,48-,49-,50-,51-,52-,53-,54-,55-;/m1./s1. The molecule has 0 aromatic heterocycles. The number of hydrogen-bond donors (Lipinski definition) is 23. The fraction of sp³-hybridized carbons (Fsp3) is 0.873. The van der Waals surface area contributed by atoms with Gasteiger partial charge in [0.2, 0.25) is 0 Å². The maximum absolute atomic E-state index is 12.1. The molecule has 1 aromatic carbocycles. The van der Waals surface area contributed by atoms with Crippen molar-refractivity contribution in [1.29, 1.82) is 0 Å². The molecule has 98 heavy (non-hydrogen) atoms. The van der Waals surface area contributed by atoms with Gasteiger partial charge in [0.25, 0.3) is 0 Å². The molecule has 30 heterocycles. The Morgan fingerprint density at radius 1 is 0.286 bits per heavy atom. The van der Waals surface area contributed by atoms with E-state index in [-0.39, 0.29) is 40.0 Å². The maximum Gasteiger partial charge on any atom is 1.00 e. The molecule has 0 saturated carbocycles. The van der Waals surface area contributed by atoms with E-state index in [9.17, 15) is 127 Å². The molecule has 43 heteroatoms. The van der Waals surface area contributed by atoms with Crippen LogP contribution in [0.25, 0.3) is 0 Å². The molecule has 0 unspecified atom stereocenters. The Morgan fingerprint density at radius 3 is 0.643 bits per heavy atom. The van der Waals surface area contributed by atoms with E-state index in [1.165, 1.54) is 24.3 Å². The summed E-state index contributed by atoms with van der Waals surface area (Å²) in [5.74, 6) is -2.08. The quantitative estimate of drug-likeness (QED) is 0.0723. The first-order valence-corrected chi connectivity index (χ1v) is 31.8. The van der Waals surface area contributed by atoms with Crippen LogP contribution in [0, 0.1) is 0 Å². The summed E-state index contributed by atoms with van der Waals surface area (Å²) >= 11 is 0.753. The first-order chi connectivity index (χ1) is 46.2. The maximum atomic E-state index is 12.1. The van der Waals surface area contributed by atoms with Gasteiger partial charge in [-0.3, -0.25) is 0 Å². The van der Waals surface area contributed by atoms with Crippen LogP contribution in [0.3, 0.4) is 0 Å². The van der Waals surface area contributed by atoms with Crippen molar-refractivity contribution in [1.82, 2.24) is 0 Å². The number of aliphatic hydroxyl groups excluding tert-OH is 23. The number of rotatable bonds is 11. The average molecular weight is 1460 g/mol. The van der Waals surface area contributed by atoms with Crippen molar-refractivity contribution in [2.24, 2.45) is 0 Å². The molecule has 16 bridgehead atoms. The number of carboxylic acid groups (broad SMARTS) is 1. The summed E-state index contributed by atoms with van der Waals surface area (Å²) in [6, 6.07) is 5.40. The van der Waals surface area contributed by atoms with Crippen molar-refractivity contribution in [3.05, 3.63) is 29.8 Å². The molecule has 30 fully saturated rings. The van der Waals surface area contributed by atoms with Crippen molar-refractivity contribution >= 4 is 17.7 Å². The second-order valence-corrected chi connectivity index (χ2v) is 25.4. The van der Waals surface area contributed by atoms with Gasteiger partial charge in [0.1, 0.15) is 189 Å². The third kappa shape index (κ3) is 16.4. The van der Waals surface area contributed by atoms with Crippen molar-refractivity contribution in [3.63, 3.8) is 0 Å². The summed E-state index contributed by atoms with van der Waals surface area (Å²) in [6.07, 6.45) is -83.0. The van der Waals surface area contributed by atoms with Crippen LogP contribution in [0.2, 0.25) is 0 Å². The zero-order valence-electron chi connectivity index (χ0n) is 51.6. The van der Waals surface area contributed by atoms with Gasteiger partial charge >= 0.3 is 29.6 Å². The van der Waals surface area contributed by atoms with Gasteiger partial charge in [0, 0.05) is 16.2 Å². The molecule has 30 aliphatic heterocycles. The summed E-state index contributed by atoms with van der Waals surface area (Å²) in [5, 5.41) is 270. The normalized spacial score (nSPS) is 50.7. The fourth-order valence-corrected chi connectivity index (χ4v) is 13.9. The molecule has 41 nitrogen and oxygen atoms in total. The van der Waals surface area contributed by atoms with Gasteiger partial charge in [0.15, 0.2) is 50.3 Å². The van der Waals surface area contributed by atoms with Crippen molar-refractivity contribution in [3.8, 4) is 0 Å². The van der Waals surface area contributed by atoms with Crippen molar-refractivity contribution in [2.75, 3.05) is 52.0 Å². The zero-order chi connectivity index (χ0) is 70.3. The molecule has 0 aliphatic carbocycles. The Hall–Kier alpha value is -1.52. The van der Waals surface area contributed by atoms with Gasteiger partial charge in [-0.05, 0) is 6.07 Å². The zero-order valence-corrected chi connectivity index (χ0v) is 54.4. The summed E-state index contributed by atoms with van der Waals surface area (Å²) in [6.45, 7) is -7.71. The topological polar surface area (TPSA) is 653 Å². The number of carboxylic acids is 1. The minimum atomic E-state index is -2.30. The molecule has 0 spiro atoms.